The van der Waals surface area contributed by atoms with E-state index in [1.165, 1.54) is 14.0 Å². The third kappa shape index (κ3) is 2.55. The summed E-state index contributed by atoms with van der Waals surface area (Å²) in [7, 11) is 3.07. The molecule has 0 N–H and O–H groups in total. The number of carbonyl (C=O) groups is 1. The van der Waals surface area contributed by atoms with Crippen molar-refractivity contribution in [2.75, 3.05) is 14.2 Å². The predicted molar refractivity (Wildman–Crippen MR) is 68.6 cm³/mol. The van der Waals surface area contributed by atoms with Gasteiger partial charge in [0.2, 0.25) is 0 Å². The first-order valence-corrected chi connectivity index (χ1v) is 5.77. The minimum absolute atomic E-state index is 0.0310. The van der Waals surface area contributed by atoms with Gasteiger partial charge in [-0.2, -0.15) is 0 Å². The van der Waals surface area contributed by atoms with Crippen molar-refractivity contribution in [3.05, 3.63) is 22.2 Å². The van der Waals surface area contributed by atoms with Crippen molar-refractivity contribution in [2.24, 2.45) is 0 Å². The molecule has 0 aromatic heterocycles. The van der Waals surface area contributed by atoms with Crippen LogP contribution in [-0.4, -0.2) is 20.0 Å². The van der Waals surface area contributed by atoms with E-state index in [1.54, 1.807) is 13.2 Å². The van der Waals surface area contributed by atoms with Crippen molar-refractivity contribution >= 4 is 17.4 Å². The summed E-state index contributed by atoms with van der Waals surface area (Å²) in [5, 5.41) is 0.388. The van der Waals surface area contributed by atoms with Crippen LogP contribution in [0.1, 0.15) is 42.6 Å². The Bertz CT molecular complexity index is 439. The summed E-state index contributed by atoms with van der Waals surface area (Å²) >= 11 is 6.08. The number of hydrogen-bond donors (Lipinski definition) is 0. The SMILES string of the molecule is COc1c(Cl)cc(C(C)=O)c(C(C)C)c1OC. The van der Waals surface area contributed by atoms with Crippen molar-refractivity contribution in [1.82, 2.24) is 0 Å². The molecular weight excluding hydrogens is 240 g/mol. The van der Waals surface area contributed by atoms with Crippen molar-refractivity contribution in [2.45, 2.75) is 26.7 Å². The smallest absolute Gasteiger partial charge is 0.179 e. The molecule has 17 heavy (non-hydrogen) atoms. The van der Waals surface area contributed by atoms with E-state index >= 15 is 0 Å². The van der Waals surface area contributed by atoms with Crippen molar-refractivity contribution in [3.8, 4) is 11.5 Å². The molecule has 0 fully saturated rings. The number of benzene rings is 1. The number of methoxy groups -OCH3 is 2. The highest BCUT2D eigenvalue weighted by atomic mass is 35.5. The molecule has 1 rings (SSSR count). The number of halogens is 1. The van der Waals surface area contributed by atoms with Gasteiger partial charge in [-0.1, -0.05) is 25.4 Å². The molecule has 0 aliphatic heterocycles. The summed E-state index contributed by atoms with van der Waals surface area (Å²) in [6.45, 7) is 5.51. The molecule has 0 radical (unpaired) electrons. The first-order chi connectivity index (χ1) is 7.93. The highest BCUT2D eigenvalue weighted by Gasteiger charge is 2.22. The van der Waals surface area contributed by atoms with Gasteiger partial charge in [-0.15, -0.1) is 0 Å². The van der Waals surface area contributed by atoms with Crippen LogP contribution in [-0.2, 0) is 0 Å². The van der Waals surface area contributed by atoms with Crippen LogP contribution in [0.2, 0.25) is 5.02 Å². The minimum atomic E-state index is -0.0310. The average molecular weight is 257 g/mol. The molecule has 1 aromatic carbocycles. The third-order valence-corrected chi connectivity index (χ3v) is 2.87. The fraction of sp³-hybridized carbons (Fsp3) is 0.462. The lowest BCUT2D eigenvalue weighted by molar-refractivity contribution is 0.101. The van der Waals surface area contributed by atoms with Crippen LogP contribution in [0.25, 0.3) is 0 Å². The van der Waals surface area contributed by atoms with Gasteiger partial charge in [0.15, 0.2) is 17.3 Å². The van der Waals surface area contributed by atoms with Crippen LogP contribution in [0.3, 0.4) is 0 Å². The lowest BCUT2D eigenvalue weighted by Crippen LogP contribution is -2.06. The Kier molecular flexibility index (Phi) is 4.40. The Hall–Kier alpha value is -1.22. The number of rotatable bonds is 4. The molecule has 0 amide bonds. The number of carbonyl (C=O) groups excluding carboxylic acids is 1. The van der Waals surface area contributed by atoms with Gasteiger partial charge in [0, 0.05) is 11.1 Å². The predicted octanol–water partition coefficient (Wildman–Crippen LogP) is 3.68. The fourth-order valence-electron chi connectivity index (χ4n) is 1.88. The van der Waals surface area contributed by atoms with E-state index in [4.69, 9.17) is 21.1 Å². The van der Waals surface area contributed by atoms with Crippen molar-refractivity contribution < 1.29 is 14.3 Å². The molecule has 0 aliphatic carbocycles. The molecule has 0 unspecified atom stereocenters. The Morgan fingerprint density at radius 3 is 2.12 bits per heavy atom. The summed E-state index contributed by atoms with van der Waals surface area (Å²) in [4.78, 5) is 11.6. The zero-order valence-corrected chi connectivity index (χ0v) is 11.5. The van der Waals surface area contributed by atoms with E-state index < -0.39 is 0 Å². The van der Waals surface area contributed by atoms with Gasteiger partial charge in [-0.3, -0.25) is 4.79 Å². The van der Waals surface area contributed by atoms with Gasteiger partial charge in [0.25, 0.3) is 0 Å². The number of ketones is 1. The molecule has 0 aliphatic rings. The summed E-state index contributed by atoms with van der Waals surface area (Å²) < 4.78 is 10.6. The number of ether oxygens (including phenoxy) is 2. The zero-order chi connectivity index (χ0) is 13.2. The maximum absolute atomic E-state index is 11.6. The van der Waals surface area contributed by atoms with E-state index in [2.05, 4.69) is 0 Å². The summed E-state index contributed by atoms with van der Waals surface area (Å²) in [6.07, 6.45) is 0. The Labute approximate surface area is 107 Å². The standard InChI is InChI=1S/C13H17ClO3/c1-7(2)11-9(8(3)15)6-10(14)12(16-4)13(11)17-5/h6-7H,1-5H3. The molecule has 0 saturated carbocycles. The van der Waals surface area contributed by atoms with E-state index in [-0.39, 0.29) is 11.7 Å². The molecule has 3 nitrogen and oxygen atoms in total. The maximum Gasteiger partial charge on any atom is 0.179 e. The molecule has 0 spiro atoms. The lowest BCUT2D eigenvalue weighted by atomic mass is 9.93. The summed E-state index contributed by atoms with van der Waals surface area (Å²) in [6, 6.07) is 1.64. The minimum Gasteiger partial charge on any atom is -0.492 e. The van der Waals surface area contributed by atoms with Crippen LogP contribution in [0.15, 0.2) is 6.07 Å². The maximum atomic E-state index is 11.6. The molecule has 4 heteroatoms. The zero-order valence-electron chi connectivity index (χ0n) is 10.8. The van der Waals surface area contributed by atoms with Crippen LogP contribution in [0.5, 0.6) is 11.5 Å². The summed E-state index contributed by atoms with van der Waals surface area (Å²) in [5.74, 6) is 1.13. The van der Waals surface area contributed by atoms with E-state index in [9.17, 15) is 4.79 Å². The number of Topliss-reactive ketones (excluding diaryl/α,β-unsaturated/α-hetero) is 1. The molecule has 0 saturated heterocycles. The molecule has 1 aromatic rings. The normalized spacial score (nSPS) is 10.5. The Balaban J connectivity index is 3.65. The second kappa shape index (κ2) is 5.41. The lowest BCUT2D eigenvalue weighted by Gasteiger charge is -2.19. The molecule has 0 bridgehead atoms. The first kappa shape index (κ1) is 13.8. The number of hydrogen-bond acceptors (Lipinski definition) is 3. The molecule has 0 atom stereocenters. The van der Waals surface area contributed by atoms with Crippen LogP contribution in [0, 0.1) is 0 Å². The van der Waals surface area contributed by atoms with Gasteiger partial charge >= 0.3 is 0 Å². The van der Waals surface area contributed by atoms with E-state index in [1.807, 2.05) is 13.8 Å². The largest absolute Gasteiger partial charge is 0.492 e. The Morgan fingerprint density at radius 2 is 1.76 bits per heavy atom. The molecular formula is C13H17ClO3. The first-order valence-electron chi connectivity index (χ1n) is 5.39. The monoisotopic (exact) mass is 256 g/mol. The van der Waals surface area contributed by atoms with E-state index in [0.29, 0.717) is 22.1 Å². The quantitative estimate of drug-likeness (QED) is 0.771. The van der Waals surface area contributed by atoms with Crippen LogP contribution < -0.4 is 9.47 Å². The van der Waals surface area contributed by atoms with Crippen LogP contribution >= 0.6 is 11.6 Å². The Morgan fingerprint density at radius 1 is 1.24 bits per heavy atom. The van der Waals surface area contributed by atoms with Crippen molar-refractivity contribution in [3.63, 3.8) is 0 Å². The van der Waals surface area contributed by atoms with Crippen molar-refractivity contribution in [1.29, 1.82) is 0 Å². The van der Waals surface area contributed by atoms with Crippen LogP contribution in [0.4, 0.5) is 0 Å². The second-order valence-corrected chi connectivity index (χ2v) is 4.50. The van der Waals surface area contributed by atoms with Gasteiger partial charge < -0.3 is 9.47 Å². The molecule has 0 heterocycles. The van der Waals surface area contributed by atoms with Gasteiger partial charge in [-0.05, 0) is 18.9 Å². The topological polar surface area (TPSA) is 35.5 Å². The highest BCUT2D eigenvalue weighted by molar-refractivity contribution is 6.32. The average Bonchev–Trinajstić information content (AvgIpc) is 2.26. The third-order valence-electron chi connectivity index (χ3n) is 2.59. The second-order valence-electron chi connectivity index (χ2n) is 4.10. The summed E-state index contributed by atoms with van der Waals surface area (Å²) in [5.41, 5.74) is 1.42. The molecule has 94 valence electrons. The van der Waals surface area contributed by atoms with Gasteiger partial charge in [0.1, 0.15) is 0 Å². The van der Waals surface area contributed by atoms with E-state index in [0.717, 1.165) is 5.56 Å². The van der Waals surface area contributed by atoms with Gasteiger partial charge in [0.05, 0.1) is 19.2 Å². The highest BCUT2D eigenvalue weighted by Crippen LogP contribution is 2.43. The fourth-order valence-corrected chi connectivity index (χ4v) is 2.15. The van der Waals surface area contributed by atoms with Gasteiger partial charge in [-0.25, -0.2) is 0 Å².